The molecule has 2 rings (SSSR count). The van der Waals surface area contributed by atoms with Gasteiger partial charge in [-0.1, -0.05) is 12.8 Å². The van der Waals surface area contributed by atoms with Crippen LogP contribution in [0, 0.1) is 0 Å². The Morgan fingerprint density at radius 3 is 2.88 bits per heavy atom. The molecule has 5 heteroatoms. The Balaban J connectivity index is 1.93. The van der Waals surface area contributed by atoms with Crippen LogP contribution in [0.3, 0.4) is 0 Å². The van der Waals surface area contributed by atoms with E-state index in [9.17, 15) is 5.11 Å². The van der Waals surface area contributed by atoms with Crippen LogP contribution in [-0.4, -0.2) is 33.5 Å². The van der Waals surface area contributed by atoms with Gasteiger partial charge < -0.3 is 10.4 Å². The van der Waals surface area contributed by atoms with Crippen molar-refractivity contribution in [1.29, 1.82) is 0 Å². The van der Waals surface area contributed by atoms with Gasteiger partial charge in [-0.05, 0) is 19.1 Å². The number of nitrogens with one attached hydrogen (secondary N) is 1. The van der Waals surface area contributed by atoms with Gasteiger partial charge >= 0.3 is 0 Å². The van der Waals surface area contributed by atoms with E-state index in [1.165, 1.54) is 0 Å². The molecular formula is C11H17N3OS. The number of rotatable bonds is 4. The lowest BCUT2D eigenvalue weighted by Gasteiger charge is -2.22. The molecule has 0 unspecified atom stereocenters. The zero-order valence-electron chi connectivity index (χ0n) is 9.44. The highest BCUT2D eigenvalue weighted by molar-refractivity contribution is 7.98. The fraction of sp³-hybridized carbons (Fsp3) is 0.636. The van der Waals surface area contributed by atoms with Crippen molar-refractivity contribution in [3.8, 4) is 0 Å². The average Bonchev–Trinajstić information content (AvgIpc) is 2.75. The number of aliphatic hydroxyl groups is 1. The molecule has 0 atom stereocenters. The Hall–Kier alpha value is -0.810. The van der Waals surface area contributed by atoms with Crippen molar-refractivity contribution in [1.82, 2.24) is 9.97 Å². The Morgan fingerprint density at radius 2 is 2.19 bits per heavy atom. The van der Waals surface area contributed by atoms with Gasteiger partial charge in [-0.25, -0.2) is 9.97 Å². The summed E-state index contributed by atoms with van der Waals surface area (Å²) in [6.07, 6.45) is 7.56. The smallest absolute Gasteiger partial charge is 0.130 e. The molecule has 0 saturated heterocycles. The van der Waals surface area contributed by atoms with Crippen molar-refractivity contribution < 1.29 is 5.11 Å². The molecule has 0 amide bonds. The third-order valence-corrected chi connectivity index (χ3v) is 3.63. The van der Waals surface area contributed by atoms with E-state index in [0.717, 1.165) is 36.5 Å². The highest BCUT2D eigenvalue weighted by Crippen LogP contribution is 2.29. The Bertz CT molecular complexity index is 353. The summed E-state index contributed by atoms with van der Waals surface area (Å²) in [6.45, 7) is 0.581. The number of thioether (sulfide) groups is 1. The van der Waals surface area contributed by atoms with E-state index in [1.54, 1.807) is 18.1 Å². The highest BCUT2D eigenvalue weighted by atomic mass is 32.2. The minimum atomic E-state index is -0.537. The van der Waals surface area contributed by atoms with Crippen molar-refractivity contribution in [3.63, 3.8) is 0 Å². The molecule has 4 nitrogen and oxygen atoms in total. The minimum Gasteiger partial charge on any atom is -0.388 e. The van der Waals surface area contributed by atoms with Crippen LogP contribution in [0.5, 0.6) is 0 Å². The second kappa shape index (κ2) is 5.01. The third kappa shape index (κ3) is 2.86. The van der Waals surface area contributed by atoms with Crippen molar-refractivity contribution in [2.24, 2.45) is 0 Å². The maximum absolute atomic E-state index is 10.2. The number of hydrogen-bond acceptors (Lipinski definition) is 5. The van der Waals surface area contributed by atoms with E-state index in [-0.39, 0.29) is 0 Å². The lowest BCUT2D eigenvalue weighted by Crippen LogP contribution is -2.33. The Labute approximate surface area is 99.9 Å². The van der Waals surface area contributed by atoms with Gasteiger partial charge in [0.25, 0.3) is 0 Å². The lowest BCUT2D eigenvalue weighted by atomic mass is 10.0. The van der Waals surface area contributed by atoms with Crippen molar-refractivity contribution in [2.45, 2.75) is 36.3 Å². The van der Waals surface area contributed by atoms with Gasteiger partial charge in [0.2, 0.25) is 0 Å². The third-order valence-electron chi connectivity index (χ3n) is 2.98. The Kier molecular flexibility index (Phi) is 3.66. The van der Waals surface area contributed by atoms with E-state index in [2.05, 4.69) is 15.3 Å². The predicted octanol–water partition coefficient (Wildman–Crippen LogP) is 1.92. The van der Waals surface area contributed by atoms with Crippen LogP contribution in [-0.2, 0) is 0 Å². The first-order valence-electron chi connectivity index (χ1n) is 5.54. The first kappa shape index (κ1) is 11.7. The molecule has 1 saturated carbocycles. The molecule has 0 spiro atoms. The maximum atomic E-state index is 10.2. The van der Waals surface area contributed by atoms with Crippen LogP contribution in [0.15, 0.2) is 17.4 Å². The molecule has 0 radical (unpaired) electrons. The number of nitrogens with zero attached hydrogens (tertiary/aromatic N) is 2. The second-order valence-electron chi connectivity index (χ2n) is 4.23. The largest absolute Gasteiger partial charge is 0.388 e. The number of aromatic nitrogens is 2. The molecule has 0 aromatic carbocycles. The molecule has 1 fully saturated rings. The van der Waals surface area contributed by atoms with Crippen molar-refractivity contribution in [3.05, 3.63) is 12.4 Å². The van der Waals surface area contributed by atoms with Crippen LogP contribution in [0.2, 0.25) is 0 Å². The molecular weight excluding hydrogens is 222 g/mol. The van der Waals surface area contributed by atoms with E-state index in [4.69, 9.17) is 0 Å². The van der Waals surface area contributed by atoms with Crippen LogP contribution >= 0.6 is 11.8 Å². The maximum Gasteiger partial charge on any atom is 0.130 e. The Morgan fingerprint density at radius 1 is 1.44 bits per heavy atom. The van der Waals surface area contributed by atoms with Crippen LogP contribution in [0.1, 0.15) is 25.7 Å². The fourth-order valence-electron chi connectivity index (χ4n) is 2.01. The average molecular weight is 239 g/mol. The summed E-state index contributed by atoms with van der Waals surface area (Å²) in [5.41, 5.74) is -0.537. The summed E-state index contributed by atoms with van der Waals surface area (Å²) >= 11 is 1.59. The molecule has 1 heterocycles. The van der Waals surface area contributed by atoms with Gasteiger partial charge in [0.1, 0.15) is 17.2 Å². The molecule has 1 aliphatic rings. The van der Waals surface area contributed by atoms with Gasteiger partial charge in [-0.3, -0.25) is 0 Å². The van der Waals surface area contributed by atoms with Gasteiger partial charge in [0.15, 0.2) is 0 Å². The van der Waals surface area contributed by atoms with Crippen molar-refractivity contribution in [2.75, 3.05) is 18.1 Å². The van der Waals surface area contributed by atoms with E-state index in [1.807, 2.05) is 12.3 Å². The van der Waals surface area contributed by atoms with Crippen LogP contribution in [0.25, 0.3) is 0 Å². The molecule has 2 N–H and O–H groups in total. The normalized spacial score (nSPS) is 18.6. The summed E-state index contributed by atoms with van der Waals surface area (Å²) in [7, 11) is 0. The molecule has 16 heavy (non-hydrogen) atoms. The molecule has 1 aromatic rings. The SMILES string of the molecule is CSc1cc(NCC2(O)CCCC2)ncn1. The number of hydrogen-bond donors (Lipinski definition) is 2. The number of anilines is 1. The van der Waals surface area contributed by atoms with Crippen LogP contribution in [0.4, 0.5) is 5.82 Å². The predicted molar refractivity (Wildman–Crippen MR) is 65.7 cm³/mol. The van der Waals surface area contributed by atoms with Crippen molar-refractivity contribution >= 4 is 17.6 Å². The minimum absolute atomic E-state index is 0.537. The standard InChI is InChI=1S/C11H17N3OS/c1-16-10-6-9(13-8-14-10)12-7-11(15)4-2-3-5-11/h6,8,15H,2-5,7H2,1H3,(H,12,13,14). The summed E-state index contributed by atoms with van der Waals surface area (Å²) in [4.78, 5) is 8.24. The monoisotopic (exact) mass is 239 g/mol. The van der Waals surface area contributed by atoms with Gasteiger partial charge in [0.05, 0.1) is 5.60 Å². The van der Waals surface area contributed by atoms with Gasteiger partial charge in [-0.2, -0.15) is 0 Å². The fourth-order valence-corrected chi connectivity index (χ4v) is 2.39. The van der Waals surface area contributed by atoms with Crippen LogP contribution < -0.4 is 5.32 Å². The molecule has 1 aliphatic carbocycles. The molecule has 1 aromatic heterocycles. The zero-order chi connectivity index (χ0) is 11.4. The summed E-state index contributed by atoms with van der Waals surface area (Å²) in [5, 5.41) is 14.3. The summed E-state index contributed by atoms with van der Waals surface area (Å²) in [5.74, 6) is 0.791. The van der Waals surface area contributed by atoms with E-state index in [0.29, 0.717) is 6.54 Å². The first-order chi connectivity index (χ1) is 7.72. The molecule has 0 bridgehead atoms. The second-order valence-corrected chi connectivity index (χ2v) is 5.06. The lowest BCUT2D eigenvalue weighted by molar-refractivity contribution is 0.0614. The summed E-state index contributed by atoms with van der Waals surface area (Å²) in [6, 6.07) is 1.91. The molecule has 88 valence electrons. The van der Waals surface area contributed by atoms with Gasteiger partial charge in [0, 0.05) is 12.6 Å². The first-order valence-corrected chi connectivity index (χ1v) is 6.77. The summed E-state index contributed by atoms with van der Waals surface area (Å²) < 4.78 is 0. The molecule has 0 aliphatic heterocycles. The quantitative estimate of drug-likeness (QED) is 0.621. The van der Waals surface area contributed by atoms with Gasteiger partial charge in [-0.15, -0.1) is 11.8 Å². The zero-order valence-corrected chi connectivity index (χ0v) is 10.3. The highest BCUT2D eigenvalue weighted by Gasteiger charge is 2.30. The van der Waals surface area contributed by atoms with E-state index < -0.39 is 5.60 Å². The topological polar surface area (TPSA) is 58.0 Å². The van der Waals surface area contributed by atoms with E-state index >= 15 is 0 Å².